The van der Waals surface area contributed by atoms with Crippen molar-refractivity contribution in [3.63, 3.8) is 0 Å². The lowest BCUT2D eigenvalue weighted by atomic mass is 10.2. The summed E-state index contributed by atoms with van der Waals surface area (Å²) in [6, 6.07) is 3.40. The Morgan fingerprint density at radius 3 is 2.35 bits per heavy atom. The summed E-state index contributed by atoms with van der Waals surface area (Å²) in [6.45, 7) is 0. The van der Waals surface area contributed by atoms with Crippen LogP contribution in [0.5, 0.6) is 0 Å². The van der Waals surface area contributed by atoms with Crippen LogP contribution in [0.1, 0.15) is 5.56 Å². The molecule has 17 heavy (non-hydrogen) atoms. The van der Waals surface area contributed by atoms with Crippen molar-refractivity contribution in [1.82, 2.24) is 9.97 Å². The van der Waals surface area contributed by atoms with E-state index in [-0.39, 0.29) is 0 Å². The van der Waals surface area contributed by atoms with E-state index >= 15 is 0 Å². The zero-order chi connectivity index (χ0) is 12.3. The van der Waals surface area contributed by atoms with Crippen LogP contribution in [0, 0.1) is 11.6 Å². The van der Waals surface area contributed by atoms with E-state index in [0.29, 0.717) is 22.2 Å². The highest BCUT2D eigenvalue weighted by Gasteiger charge is 2.05. The molecule has 0 aliphatic heterocycles. The van der Waals surface area contributed by atoms with Gasteiger partial charge in [-0.3, -0.25) is 0 Å². The van der Waals surface area contributed by atoms with Gasteiger partial charge >= 0.3 is 0 Å². The van der Waals surface area contributed by atoms with Gasteiger partial charge in [-0.25, -0.2) is 18.7 Å². The molecule has 6 heteroatoms. The van der Waals surface area contributed by atoms with Crippen LogP contribution in [0.2, 0.25) is 0 Å². The molecule has 2 N–H and O–H groups in total. The van der Waals surface area contributed by atoms with Crippen LogP contribution < -0.4 is 5.73 Å². The SMILES string of the molecule is Nc1nccnc1SCc1cc(F)cc(F)c1. The van der Waals surface area contributed by atoms with Crippen LogP contribution >= 0.6 is 11.8 Å². The number of rotatable bonds is 3. The number of aromatic nitrogens is 2. The average Bonchev–Trinajstić information content (AvgIpc) is 2.27. The molecule has 0 saturated heterocycles. The highest BCUT2D eigenvalue weighted by molar-refractivity contribution is 7.98. The highest BCUT2D eigenvalue weighted by Crippen LogP contribution is 2.24. The maximum Gasteiger partial charge on any atom is 0.156 e. The highest BCUT2D eigenvalue weighted by atomic mass is 32.2. The fourth-order valence-electron chi connectivity index (χ4n) is 1.29. The second-order valence-electron chi connectivity index (χ2n) is 3.31. The second kappa shape index (κ2) is 5.09. The first-order valence-corrected chi connectivity index (χ1v) is 5.78. The molecule has 0 atom stereocenters. The van der Waals surface area contributed by atoms with Crippen LogP contribution in [-0.2, 0) is 5.75 Å². The first-order chi connectivity index (χ1) is 8.15. The smallest absolute Gasteiger partial charge is 0.156 e. The van der Waals surface area contributed by atoms with E-state index in [4.69, 9.17) is 5.73 Å². The molecule has 88 valence electrons. The molecule has 0 bridgehead atoms. The number of nitrogens with two attached hydrogens (primary N) is 1. The molecule has 2 aromatic rings. The molecule has 0 saturated carbocycles. The molecule has 0 amide bonds. The van der Waals surface area contributed by atoms with E-state index in [9.17, 15) is 8.78 Å². The quantitative estimate of drug-likeness (QED) is 0.854. The summed E-state index contributed by atoms with van der Waals surface area (Å²) >= 11 is 1.29. The van der Waals surface area contributed by atoms with Gasteiger partial charge in [0.25, 0.3) is 0 Å². The van der Waals surface area contributed by atoms with Crippen LogP contribution in [0.3, 0.4) is 0 Å². The Morgan fingerprint density at radius 2 is 1.71 bits per heavy atom. The molecule has 1 aromatic heterocycles. The Morgan fingerprint density at radius 1 is 1.06 bits per heavy atom. The Labute approximate surface area is 101 Å². The molecule has 0 spiro atoms. The summed E-state index contributed by atoms with van der Waals surface area (Å²) in [5.74, 6) is -0.479. The maximum atomic E-state index is 12.9. The van der Waals surface area contributed by atoms with Crippen molar-refractivity contribution < 1.29 is 8.78 Å². The average molecular weight is 253 g/mol. The topological polar surface area (TPSA) is 51.8 Å². The number of halogens is 2. The third kappa shape index (κ3) is 3.13. The van der Waals surface area contributed by atoms with Crippen LogP contribution in [0.15, 0.2) is 35.6 Å². The van der Waals surface area contributed by atoms with Gasteiger partial charge in [0.1, 0.15) is 16.7 Å². The molecule has 2 rings (SSSR count). The first kappa shape index (κ1) is 11.8. The lowest BCUT2D eigenvalue weighted by Crippen LogP contribution is -1.95. The van der Waals surface area contributed by atoms with Crippen LogP contribution in [0.25, 0.3) is 0 Å². The minimum absolute atomic E-state index is 0.314. The number of hydrogen-bond acceptors (Lipinski definition) is 4. The Kier molecular flexibility index (Phi) is 3.53. The number of nitrogens with zero attached hydrogens (tertiary/aromatic N) is 2. The van der Waals surface area contributed by atoms with Gasteiger partial charge < -0.3 is 5.73 Å². The van der Waals surface area contributed by atoms with Crippen molar-refractivity contribution in [1.29, 1.82) is 0 Å². The van der Waals surface area contributed by atoms with Crippen molar-refractivity contribution >= 4 is 17.6 Å². The Bertz CT molecular complexity index is 514. The summed E-state index contributed by atoms with van der Waals surface area (Å²) in [4.78, 5) is 7.90. The van der Waals surface area contributed by atoms with Crippen molar-refractivity contribution in [2.45, 2.75) is 10.8 Å². The van der Waals surface area contributed by atoms with Gasteiger partial charge in [-0.1, -0.05) is 11.8 Å². The predicted molar refractivity (Wildman–Crippen MR) is 62.4 cm³/mol. The van der Waals surface area contributed by atoms with Gasteiger partial charge in [-0.2, -0.15) is 0 Å². The number of anilines is 1. The van der Waals surface area contributed by atoms with E-state index < -0.39 is 11.6 Å². The van der Waals surface area contributed by atoms with Crippen molar-refractivity contribution in [2.24, 2.45) is 0 Å². The molecular weight excluding hydrogens is 244 g/mol. The van der Waals surface area contributed by atoms with Gasteiger partial charge in [-0.15, -0.1) is 0 Å². The lowest BCUT2D eigenvalue weighted by Gasteiger charge is -2.03. The van der Waals surface area contributed by atoms with Gasteiger partial charge in [0.2, 0.25) is 0 Å². The first-order valence-electron chi connectivity index (χ1n) is 4.79. The van der Waals surface area contributed by atoms with E-state index in [0.717, 1.165) is 6.07 Å². The van der Waals surface area contributed by atoms with Crippen molar-refractivity contribution in [2.75, 3.05) is 5.73 Å². The summed E-state index contributed by atoms with van der Waals surface area (Å²) in [6.07, 6.45) is 3.01. The summed E-state index contributed by atoms with van der Waals surface area (Å²) in [5.41, 5.74) is 6.14. The lowest BCUT2D eigenvalue weighted by molar-refractivity contribution is 0.581. The molecule has 3 nitrogen and oxygen atoms in total. The standard InChI is InChI=1S/C11H9F2N3S/c12-8-3-7(4-9(13)5-8)6-17-11-10(14)15-1-2-16-11/h1-5H,6H2,(H2,14,15). The molecule has 0 aliphatic carbocycles. The number of thioether (sulfide) groups is 1. The van der Waals surface area contributed by atoms with Crippen LogP contribution in [0.4, 0.5) is 14.6 Å². The maximum absolute atomic E-state index is 12.9. The van der Waals surface area contributed by atoms with E-state index in [1.165, 1.54) is 36.3 Å². The summed E-state index contributed by atoms with van der Waals surface area (Å²) in [5, 5.41) is 0.553. The fraction of sp³-hybridized carbons (Fsp3) is 0.0909. The van der Waals surface area contributed by atoms with Gasteiger partial charge in [0.15, 0.2) is 5.82 Å². The zero-order valence-corrected chi connectivity index (χ0v) is 9.55. The van der Waals surface area contributed by atoms with Gasteiger partial charge in [0, 0.05) is 24.2 Å². The molecule has 0 fully saturated rings. The third-order valence-corrected chi connectivity index (χ3v) is 3.05. The molecular formula is C11H9F2N3S. The fourth-order valence-corrected chi connectivity index (χ4v) is 2.10. The molecule has 0 unspecified atom stereocenters. The van der Waals surface area contributed by atoms with E-state index in [1.807, 2.05) is 0 Å². The van der Waals surface area contributed by atoms with Gasteiger partial charge in [-0.05, 0) is 17.7 Å². The Balaban J connectivity index is 2.10. The van der Waals surface area contributed by atoms with Gasteiger partial charge in [0.05, 0.1) is 0 Å². The minimum atomic E-state index is -0.590. The van der Waals surface area contributed by atoms with E-state index in [2.05, 4.69) is 9.97 Å². The van der Waals surface area contributed by atoms with E-state index in [1.54, 1.807) is 0 Å². The number of benzene rings is 1. The van der Waals surface area contributed by atoms with Crippen LogP contribution in [-0.4, -0.2) is 9.97 Å². The number of hydrogen-bond donors (Lipinski definition) is 1. The predicted octanol–water partition coefficient (Wildman–Crippen LogP) is 2.63. The summed E-state index contributed by atoms with van der Waals surface area (Å²) in [7, 11) is 0. The zero-order valence-electron chi connectivity index (χ0n) is 8.73. The third-order valence-electron chi connectivity index (χ3n) is 1.99. The van der Waals surface area contributed by atoms with Crippen molar-refractivity contribution in [3.8, 4) is 0 Å². The number of nitrogen functional groups attached to an aromatic ring is 1. The monoisotopic (exact) mass is 253 g/mol. The Hall–Kier alpha value is -1.69. The molecule has 1 heterocycles. The summed E-state index contributed by atoms with van der Waals surface area (Å²) < 4.78 is 25.9. The molecule has 1 aromatic carbocycles. The van der Waals surface area contributed by atoms with Crippen molar-refractivity contribution in [3.05, 3.63) is 47.8 Å². The second-order valence-corrected chi connectivity index (χ2v) is 4.28. The normalized spacial score (nSPS) is 10.5. The largest absolute Gasteiger partial charge is 0.381 e. The molecule has 0 aliphatic rings. The molecule has 0 radical (unpaired) electrons. The minimum Gasteiger partial charge on any atom is -0.381 e.